The Morgan fingerprint density at radius 2 is 1.75 bits per heavy atom. The summed E-state index contributed by atoms with van der Waals surface area (Å²) in [7, 11) is 0. The third-order valence-corrected chi connectivity index (χ3v) is 5.63. The third kappa shape index (κ3) is 3.17. The topological polar surface area (TPSA) is 43.8 Å². The smallest absolute Gasteiger partial charge is 0.309 e. The second kappa shape index (κ2) is 6.44. The molecule has 0 aromatic carbocycles. The normalized spacial score (nSPS) is 26.0. The van der Waals surface area contributed by atoms with E-state index >= 15 is 0 Å². The molecule has 116 valence electrons. The molecule has 0 spiro atoms. The van der Waals surface area contributed by atoms with E-state index in [-0.39, 0.29) is 0 Å². The van der Waals surface area contributed by atoms with Crippen molar-refractivity contribution in [1.82, 2.24) is 9.80 Å². The Hall–Kier alpha value is -0.610. The van der Waals surface area contributed by atoms with E-state index in [1.165, 1.54) is 25.9 Å². The van der Waals surface area contributed by atoms with E-state index in [1.54, 1.807) is 0 Å². The van der Waals surface area contributed by atoms with Gasteiger partial charge in [0.2, 0.25) is 0 Å². The van der Waals surface area contributed by atoms with Crippen LogP contribution in [0.1, 0.15) is 52.9 Å². The molecule has 2 fully saturated rings. The molecule has 2 aliphatic rings. The van der Waals surface area contributed by atoms with Crippen LogP contribution in [0.5, 0.6) is 0 Å². The van der Waals surface area contributed by atoms with E-state index in [0.717, 1.165) is 32.4 Å². The lowest BCUT2D eigenvalue weighted by Crippen LogP contribution is -2.51. The molecule has 0 radical (unpaired) electrons. The third-order valence-electron chi connectivity index (χ3n) is 5.63. The summed E-state index contributed by atoms with van der Waals surface area (Å²) in [6.45, 7) is 10.9. The van der Waals surface area contributed by atoms with Gasteiger partial charge in [-0.1, -0.05) is 6.92 Å². The molecule has 0 unspecified atom stereocenters. The highest BCUT2D eigenvalue weighted by molar-refractivity contribution is 5.74. The van der Waals surface area contributed by atoms with Crippen LogP contribution in [0.3, 0.4) is 0 Å². The summed E-state index contributed by atoms with van der Waals surface area (Å²) in [5, 5.41) is 9.46. The van der Waals surface area contributed by atoms with Crippen LogP contribution in [0.25, 0.3) is 0 Å². The Labute approximate surface area is 123 Å². The maximum absolute atomic E-state index is 11.5. The maximum Gasteiger partial charge on any atom is 0.309 e. The van der Waals surface area contributed by atoms with Crippen LogP contribution in [-0.2, 0) is 4.79 Å². The van der Waals surface area contributed by atoms with Gasteiger partial charge in [0, 0.05) is 12.1 Å². The zero-order valence-electron chi connectivity index (χ0n) is 13.3. The average molecular weight is 282 g/mol. The van der Waals surface area contributed by atoms with Gasteiger partial charge in [-0.25, -0.2) is 0 Å². The largest absolute Gasteiger partial charge is 0.481 e. The Balaban J connectivity index is 1.84. The van der Waals surface area contributed by atoms with E-state index in [9.17, 15) is 9.90 Å². The number of nitrogens with zero attached hydrogens (tertiary/aromatic N) is 2. The van der Waals surface area contributed by atoms with E-state index in [1.807, 2.05) is 6.92 Å². The summed E-state index contributed by atoms with van der Waals surface area (Å²) in [6, 6.07) is 1.32. The van der Waals surface area contributed by atoms with Crippen molar-refractivity contribution in [3.8, 4) is 0 Å². The summed E-state index contributed by atoms with van der Waals surface area (Å²) in [5.41, 5.74) is -0.449. The molecular formula is C16H30N2O2. The lowest BCUT2D eigenvalue weighted by molar-refractivity contribution is -0.153. The van der Waals surface area contributed by atoms with Crippen molar-refractivity contribution in [3.05, 3.63) is 0 Å². The van der Waals surface area contributed by atoms with Gasteiger partial charge in [0.15, 0.2) is 0 Å². The number of carboxylic acid groups (broad SMARTS) is 1. The quantitative estimate of drug-likeness (QED) is 0.860. The Kier molecular flexibility index (Phi) is 5.08. The number of carbonyl (C=O) groups is 1. The van der Waals surface area contributed by atoms with Crippen LogP contribution in [0.15, 0.2) is 0 Å². The molecule has 2 saturated heterocycles. The molecule has 0 saturated carbocycles. The second-order valence-electron chi connectivity index (χ2n) is 6.84. The lowest BCUT2D eigenvalue weighted by Gasteiger charge is -2.45. The number of piperidine rings is 2. The van der Waals surface area contributed by atoms with Crippen molar-refractivity contribution in [2.45, 2.75) is 65.0 Å². The highest BCUT2D eigenvalue weighted by Gasteiger charge is 2.41. The molecule has 20 heavy (non-hydrogen) atoms. The van der Waals surface area contributed by atoms with Crippen LogP contribution in [0, 0.1) is 5.41 Å². The molecule has 0 amide bonds. The lowest BCUT2D eigenvalue weighted by atomic mass is 9.75. The highest BCUT2D eigenvalue weighted by atomic mass is 16.4. The molecule has 0 atom stereocenters. The van der Waals surface area contributed by atoms with Crippen molar-refractivity contribution in [3.63, 3.8) is 0 Å². The van der Waals surface area contributed by atoms with Gasteiger partial charge in [0.25, 0.3) is 0 Å². The predicted octanol–water partition coefficient (Wildman–Crippen LogP) is 2.44. The summed E-state index contributed by atoms with van der Waals surface area (Å²) in [4.78, 5) is 16.6. The van der Waals surface area contributed by atoms with Crippen molar-refractivity contribution < 1.29 is 9.90 Å². The van der Waals surface area contributed by atoms with Gasteiger partial charge in [0.05, 0.1) is 5.41 Å². The molecule has 4 heteroatoms. The SMILES string of the molecule is CCC1(C(=O)O)CCN(C2CCN(C(C)C)CC2)CC1. The molecule has 4 nitrogen and oxygen atoms in total. The fourth-order valence-electron chi connectivity index (χ4n) is 3.80. The predicted molar refractivity (Wildman–Crippen MR) is 80.9 cm³/mol. The van der Waals surface area contributed by atoms with Gasteiger partial charge in [0.1, 0.15) is 0 Å². The zero-order valence-corrected chi connectivity index (χ0v) is 13.3. The van der Waals surface area contributed by atoms with Gasteiger partial charge in [-0.15, -0.1) is 0 Å². The van der Waals surface area contributed by atoms with Gasteiger partial charge in [-0.2, -0.15) is 0 Å². The Bertz CT molecular complexity index is 327. The average Bonchev–Trinajstić information content (AvgIpc) is 2.47. The Morgan fingerprint density at radius 3 is 2.15 bits per heavy atom. The van der Waals surface area contributed by atoms with Gasteiger partial charge < -0.3 is 14.9 Å². The summed E-state index contributed by atoms with van der Waals surface area (Å²) in [5.74, 6) is -0.589. The zero-order chi connectivity index (χ0) is 14.8. The van der Waals surface area contributed by atoms with Crippen molar-refractivity contribution in [2.75, 3.05) is 26.2 Å². The number of hydrogen-bond donors (Lipinski definition) is 1. The van der Waals surface area contributed by atoms with E-state index in [4.69, 9.17) is 0 Å². The summed E-state index contributed by atoms with van der Waals surface area (Å²) in [6.07, 6.45) is 4.89. The maximum atomic E-state index is 11.5. The fraction of sp³-hybridized carbons (Fsp3) is 0.938. The molecule has 2 rings (SSSR count). The number of rotatable bonds is 4. The van der Waals surface area contributed by atoms with Crippen LogP contribution in [-0.4, -0.2) is 59.1 Å². The number of aliphatic carboxylic acids is 1. The molecular weight excluding hydrogens is 252 g/mol. The van der Waals surface area contributed by atoms with Gasteiger partial charge in [-0.3, -0.25) is 4.79 Å². The van der Waals surface area contributed by atoms with Crippen LogP contribution < -0.4 is 0 Å². The molecule has 0 aromatic rings. The number of hydrogen-bond acceptors (Lipinski definition) is 3. The molecule has 2 heterocycles. The van der Waals surface area contributed by atoms with Crippen molar-refractivity contribution in [2.24, 2.45) is 5.41 Å². The van der Waals surface area contributed by atoms with Gasteiger partial charge >= 0.3 is 5.97 Å². The van der Waals surface area contributed by atoms with E-state index < -0.39 is 11.4 Å². The molecule has 2 aliphatic heterocycles. The summed E-state index contributed by atoms with van der Waals surface area (Å²) >= 11 is 0. The van der Waals surface area contributed by atoms with Crippen LogP contribution >= 0.6 is 0 Å². The minimum Gasteiger partial charge on any atom is -0.481 e. The van der Waals surface area contributed by atoms with E-state index in [2.05, 4.69) is 23.6 Å². The number of carboxylic acids is 1. The molecule has 1 N–H and O–H groups in total. The first kappa shape index (κ1) is 15.8. The molecule has 0 bridgehead atoms. The monoisotopic (exact) mass is 282 g/mol. The minimum absolute atomic E-state index is 0.449. The second-order valence-corrected chi connectivity index (χ2v) is 6.84. The standard InChI is InChI=1S/C16H30N2O2/c1-4-16(15(19)20)7-11-18(12-8-16)14-5-9-17(10-6-14)13(2)3/h13-14H,4-12H2,1-3H3,(H,19,20). The number of likely N-dealkylation sites (tertiary alicyclic amines) is 2. The fourth-order valence-corrected chi connectivity index (χ4v) is 3.80. The minimum atomic E-state index is -0.589. The van der Waals surface area contributed by atoms with Crippen molar-refractivity contribution in [1.29, 1.82) is 0 Å². The first-order chi connectivity index (χ1) is 9.48. The van der Waals surface area contributed by atoms with Crippen LogP contribution in [0.4, 0.5) is 0 Å². The summed E-state index contributed by atoms with van der Waals surface area (Å²) < 4.78 is 0. The first-order valence-electron chi connectivity index (χ1n) is 8.20. The van der Waals surface area contributed by atoms with E-state index in [0.29, 0.717) is 12.1 Å². The van der Waals surface area contributed by atoms with Crippen molar-refractivity contribution >= 4 is 5.97 Å². The van der Waals surface area contributed by atoms with Crippen LogP contribution in [0.2, 0.25) is 0 Å². The first-order valence-corrected chi connectivity index (χ1v) is 8.20. The Morgan fingerprint density at radius 1 is 1.20 bits per heavy atom. The molecule has 0 aromatic heterocycles. The molecule has 0 aliphatic carbocycles. The van der Waals surface area contributed by atoms with Gasteiger partial charge in [-0.05, 0) is 72.1 Å². The highest BCUT2D eigenvalue weighted by Crippen LogP contribution is 2.36.